The third-order valence-electron chi connectivity index (χ3n) is 3.28. The molecular weight excluding hydrogens is 203 g/mol. The van der Waals surface area contributed by atoms with Crippen LogP contribution in [-0.2, 0) is 4.79 Å². The Bertz CT molecular complexity index is 261. The van der Waals surface area contributed by atoms with Gasteiger partial charge in [-0.25, -0.2) is 0 Å². The van der Waals surface area contributed by atoms with Crippen LogP contribution in [0.4, 0.5) is 0 Å². The molecule has 2 atom stereocenters. The second-order valence-electron chi connectivity index (χ2n) is 5.02. The first-order valence-electron chi connectivity index (χ1n) is 6.09. The lowest BCUT2D eigenvalue weighted by Gasteiger charge is -2.26. The Morgan fingerprint density at radius 2 is 2.06 bits per heavy atom. The van der Waals surface area contributed by atoms with E-state index in [2.05, 4.69) is 0 Å². The Hall–Kier alpha value is -0.605. The molecule has 0 heterocycles. The molecule has 1 rings (SSSR count). The Kier molecular flexibility index (Phi) is 5.22. The summed E-state index contributed by atoms with van der Waals surface area (Å²) in [5.74, 6) is 0.478. The average molecular weight is 224 g/mol. The molecule has 1 aliphatic rings. The fourth-order valence-corrected chi connectivity index (χ4v) is 2.14. The van der Waals surface area contributed by atoms with Gasteiger partial charge in [0.15, 0.2) is 5.78 Å². The molecule has 2 N–H and O–H groups in total. The summed E-state index contributed by atoms with van der Waals surface area (Å²) in [7, 11) is -1.21. The number of rotatable bonds is 4. The molecule has 16 heavy (non-hydrogen) atoms. The molecule has 0 bridgehead atoms. The van der Waals surface area contributed by atoms with Crippen molar-refractivity contribution in [1.29, 1.82) is 0 Å². The van der Waals surface area contributed by atoms with Crippen molar-refractivity contribution in [2.24, 2.45) is 11.8 Å². The van der Waals surface area contributed by atoms with Crippen LogP contribution in [0.5, 0.6) is 0 Å². The third kappa shape index (κ3) is 4.10. The summed E-state index contributed by atoms with van der Waals surface area (Å²) >= 11 is 0. The maximum Gasteiger partial charge on any atom is 0.454 e. The van der Waals surface area contributed by atoms with E-state index < -0.39 is 7.12 Å². The molecule has 4 heteroatoms. The first-order valence-corrected chi connectivity index (χ1v) is 6.09. The monoisotopic (exact) mass is 224 g/mol. The van der Waals surface area contributed by atoms with Gasteiger partial charge >= 0.3 is 7.12 Å². The van der Waals surface area contributed by atoms with Gasteiger partial charge in [0.25, 0.3) is 0 Å². The van der Waals surface area contributed by atoms with Gasteiger partial charge in [-0.3, -0.25) is 4.79 Å². The molecule has 0 aromatic rings. The largest absolute Gasteiger partial charge is 0.454 e. The van der Waals surface area contributed by atoms with E-state index in [1.54, 1.807) is 6.08 Å². The summed E-state index contributed by atoms with van der Waals surface area (Å²) in [6.07, 6.45) is 7.30. The molecule has 1 fully saturated rings. The Morgan fingerprint density at radius 1 is 1.38 bits per heavy atom. The fraction of sp³-hybridized carbons (Fsp3) is 0.750. The highest BCUT2D eigenvalue weighted by Gasteiger charge is 2.29. The van der Waals surface area contributed by atoms with Crippen LogP contribution in [0.15, 0.2) is 12.2 Å². The van der Waals surface area contributed by atoms with Crippen molar-refractivity contribution in [2.75, 3.05) is 0 Å². The van der Waals surface area contributed by atoms with Gasteiger partial charge in [-0.2, -0.15) is 0 Å². The number of carbonyl (C=O) groups is 1. The summed E-state index contributed by atoms with van der Waals surface area (Å²) in [4.78, 5) is 11.4. The average Bonchev–Trinajstić information content (AvgIpc) is 2.26. The quantitative estimate of drug-likeness (QED) is 0.565. The summed E-state index contributed by atoms with van der Waals surface area (Å²) in [5.41, 5.74) is 0. The summed E-state index contributed by atoms with van der Waals surface area (Å²) in [6, 6.07) is 0. The highest BCUT2D eigenvalue weighted by atomic mass is 16.4. The molecular formula is C12H21BO3. The van der Waals surface area contributed by atoms with Crippen molar-refractivity contribution in [3.8, 4) is 0 Å². The molecule has 2 unspecified atom stereocenters. The first kappa shape index (κ1) is 13.5. The summed E-state index contributed by atoms with van der Waals surface area (Å²) in [5, 5.41) is 18.3. The zero-order valence-electron chi connectivity index (χ0n) is 10.1. The Morgan fingerprint density at radius 3 is 2.62 bits per heavy atom. The van der Waals surface area contributed by atoms with Crippen molar-refractivity contribution in [3.63, 3.8) is 0 Å². The molecule has 0 amide bonds. The van der Waals surface area contributed by atoms with E-state index in [4.69, 9.17) is 10.0 Å². The number of carbonyl (C=O) groups excluding carboxylic acids is 1. The number of ketones is 1. The maximum atomic E-state index is 11.4. The molecule has 0 spiro atoms. The zero-order chi connectivity index (χ0) is 12.1. The van der Waals surface area contributed by atoms with Crippen LogP contribution in [0, 0.1) is 11.8 Å². The van der Waals surface area contributed by atoms with Gasteiger partial charge in [-0.05, 0) is 30.7 Å². The predicted octanol–water partition coefficient (Wildman–Crippen LogP) is 1.80. The van der Waals surface area contributed by atoms with Crippen molar-refractivity contribution in [2.45, 2.75) is 45.3 Å². The fourth-order valence-electron chi connectivity index (χ4n) is 2.14. The van der Waals surface area contributed by atoms with Crippen molar-refractivity contribution in [3.05, 3.63) is 12.2 Å². The minimum absolute atomic E-state index is 0.0300. The Labute approximate surface area is 97.7 Å². The highest BCUT2D eigenvalue weighted by Crippen LogP contribution is 2.34. The molecule has 90 valence electrons. The van der Waals surface area contributed by atoms with Crippen molar-refractivity contribution in [1.82, 2.24) is 0 Å². The predicted molar refractivity (Wildman–Crippen MR) is 64.9 cm³/mol. The van der Waals surface area contributed by atoms with Gasteiger partial charge < -0.3 is 10.0 Å². The molecule has 1 aliphatic carbocycles. The third-order valence-corrected chi connectivity index (χ3v) is 3.28. The van der Waals surface area contributed by atoms with Crippen LogP contribution in [0.1, 0.15) is 39.5 Å². The van der Waals surface area contributed by atoms with Gasteiger partial charge in [0.2, 0.25) is 0 Å². The molecule has 0 saturated heterocycles. The minimum Gasteiger partial charge on any atom is -0.427 e. The topological polar surface area (TPSA) is 57.5 Å². The lowest BCUT2D eigenvalue weighted by molar-refractivity contribution is -0.117. The zero-order valence-corrected chi connectivity index (χ0v) is 10.1. The van der Waals surface area contributed by atoms with Crippen LogP contribution in [0.25, 0.3) is 0 Å². The van der Waals surface area contributed by atoms with Crippen molar-refractivity contribution >= 4 is 12.9 Å². The number of allylic oxidation sites excluding steroid dienone is 2. The van der Waals surface area contributed by atoms with E-state index in [9.17, 15) is 4.79 Å². The molecule has 0 radical (unpaired) electrons. The second-order valence-corrected chi connectivity index (χ2v) is 5.02. The van der Waals surface area contributed by atoms with Gasteiger partial charge in [0.05, 0.1) is 0 Å². The molecule has 1 saturated carbocycles. The number of hydrogen-bond acceptors (Lipinski definition) is 3. The van der Waals surface area contributed by atoms with E-state index in [1.165, 1.54) is 0 Å². The standard InChI is InChI=1S/C12H21BO3/c1-9(2)12(14)7-6-10-4-3-5-11(8-10)13(15)16/h6-7,9-11,15-16H,3-5,8H2,1-2H3/b7-6+. The molecule has 0 aliphatic heterocycles. The van der Waals surface area contributed by atoms with Crippen LogP contribution in [0.2, 0.25) is 5.82 Å². The maximum absolute atomic E-state index is 11.4. The first-order chi connectivity index (χ1) is 7.50. The van der Waals surface area contributed by atoms with E-state index in [1.807, 2.05) is 19.9 Å². The smallest absolute Gasteiger partial charge is 0.427 e. The van der Waals surface area contributed by atoms with Gasteiger partial charge in [-0.15, -0.1) is 0 Å². The molecule has 0 aromatic heterocycles. The van der Waals surface area contributed by atoms with E-state index in [-0.39, 0.29) is 17.5 Å². The molecule has 0 aromatic carbocycles. The SMILES string of the molecule is CC(C)C(=O)/C=C/C1CCCC(B(O)O)C1. The lowest BCUT2D eigenvalue weighted by Crippen LogP contribution is -2.25. The van der Waals surface area contributed by atoms with Crippen LogP contribution in [0.3, 0.4) is 0 Å². The number of hydrogen-bond donors (Lipinski definition) is 2. The van der Waals surface area contributed by atoms with Gasteiger partial charge in [-0.1, -0.05) is 32.8 Å². The normalized spacial score (nSPS) is 26.3. The van der Waals surface area contributed by atoms with E-state index in [0.717, 1.165) is 25.7 Å². The van der Waals surface area contributed by atoms with Gasteiger partial charge in [0, 0.05) is 5.92 Å². The van der Waals surface area contributed by atoms with Crippen LogP contribution < -0.4 is 0 Å². The van der Waals surface area contributed by atoms with E-state index >= 15 is 0 Å². The highest BCUT2D eigenvalue weighted by molar-refractivity contribution is 6.43. The van der Waals surface area contributed by atoms with Crippen LogP contribution >= 0.6 is 0 Å². The Balaban J connectivity index is 2.45. The van der Waals surface area contributed by atoms with E-state index in [0.29, 0.717) is 5.92 Å². The lowest BCUT2D eigenvalue weighted by atomic mass is 9.62. The molecule has 3 nitrogen and oxygen atoms in total. The summed E-state index contributed by atoms with van der Waals surface area (Å²) < 4.78 is 0. The van der Waals surface area contributed by atoms with Gasteiger partial charge in [0.1, 0.15) is 0 Å². The minimum atomic E-state index is -1.21. The van der Waals surface area contributed by atoms with Crippen molar-refractivity contribution < 1.29 is 14.8 Å². The van der Waals surface area contributed by atoms with Crippen LogP contribution in [-0.4, -0.2) is 22.9 Å². The summed E-state index contributed by atoms with van der Waals surface area (Å²) in [6.45, 7) is 3.77. The second kappa shape index (κ2) is 6.21.